The molecule has 0 aromatic heterocycles. The second-order valence-corrected chi connectivity index (χ2v) is 5.80. The van der Waals surface area contributed by atoms with Gasteiger partial charge >= 0.3 is 0 Å². The van der Waals surface area contributed by atoms with Gasteiger partial charge in [0.25, 0.3) is 5.69 Å². The second kappa shape index (κ2) is 6.80. The van der Waals surface area contributed by atoms with Crippen LogP contribution in [0, 0.1) is 10.1 Å². The highest BCUT2D eigenvalue weighted by Gasteiger charge is 2.31. The molecule has 108 valence electrons. The van der Waals surface area contributed by atoms with Gasteiger partial charge in [-0.2, -0.15) is 4.31 Å². The van der Waals surface area contributed by atoms with Gasteiger partial charge in [-0.25, -0.2) is 8.42 Å². The van der Waals surface area contributed by atoms with Gasteiger partial charge in [-0.05, 0) is 13.0 Å². The first-order chi connectivity index (χ1) is 8.32. The fourth-order valence-electron chi connectivity index (χ4n) is 1.37. The number of hydrogen-bond donors (Lipinski definition) is 1. The minimum Gasteiger partial charge on any atom is -0.329 e. The molecule has 0 aliphatic carbocycles. The van der Waals surface area contributed by atoms with Crippen LogP contribution < -0.4 is 5.73 Å². The molecule has 0 saturated carbocycles. The molecule has 7 nitrogen and oxygen atoms in total. The molecule has 1 atom stereocenters. The zero-order valence-corrected chi connectivity index (χ0v) is 12.1. The molecule has 0 radical (unpaired) electrons. The SMILES string of the molecule is CC(CN)N(C)S(=O)(=O)c1ccccc1[N+](=O)[O-].Cl. The van der Waals surface area contributed by atoms with Crippen LogP contribution >= 0.6 is 12.4 Å². The molecule has 0 amide bonds. The third-order valence-corrected chi connectivity index (χ3v) is 4.70. The maximum atomic E-state index is 12.2. The average Bonchev–Trinajstić information content (AvgIpc) is 2.36. The quantitative estimate of drug-likeness (QED) is 0.644. The Labute approximate surface area is 118 Å². The number of nitrogens with zero attached hydrogens (tertiary/aromatic N) is 2. The molecule has 0 saturated heterocycles. The summed E-state index contributed by atoms with van der Waals surface area (Å²) in [7, 11) is -2.56. The summed E-state index contributed by atoms with van der Waals surface area (Å²) in [4.78, 5) is 9.79. The molecule has 1 aromatic rings. The second-order valence-electron chi connectivity index (χ2n) is 3.83. The van der Waals surface area contributed by atoms with Crippen molar-refractivity contribution in [3.8, 4) is 0 Å². The molecule has 1 aromatic carbocycles. The highest BCUT2D eigenvalue weighted by molar-refractivity contribution is 7.89. The number of nitro benzene ring substituents is 1. The molecule has 1 unspecified atom stereocenters. The fraction of sp³-hybridized carbons (Fsp3) is 0.400. The number of nitrogens with two attached hydrogens (primary N) is 1. The van der Waals surface area contributed by atoms with E-state index in [2.05, 4.69) is 0 Å². The van der Waals surface area contributed by atoms with Crippen LogP contribution in [0.2, 0.25) is 0 Å². The minimum absolute atomic E-state index is 0. The number of rotatable bonds is 5. The van der Waals surface area contributed by atoms with Gasteiger partial charge in [-0.15, -0.1) is 12.4 Å². The Morgan fingerprint density at radius 3 is 2.42 bits per heavy atom. The Morgan fingerprint density at radius 2 is 1.95 bits per heavy atom. The Bertz CT molecular complexity index is 549. The van der Waals surface area contributed by atoms with Crippen molar-refractivity contribution in [2.75, 3.05) is 13.6 Å². The van der Waals surface area contributed by atoms with Gasteiger partial charge in [-0.3, -0.25) is 10.1 Å². The van der Waals surface area contributed by atoms with Gasteiger partial charge in [-0.1, -0.05) is 12.1 Å². The van der Waals surface area contributed by atoms with E-state index in [-0.39, 0.29) is 23.8 Å². The highest BCUT2D eigenvalue weighted by Crippen LogP contribution is 2.26. The first-order valence-electron chi connectivity index (χ1n) is 5.24. The molecule has 0 heterocycles. The molecule has 0 aliphatic heterocycles. The maximum absolute atomic E-state index is 12.2. The largest absolute Gasteiger partial charge is 0.329 e. The molecular weight excluding hydrogens is 294 g/mol. The summed E-state index contributed by atoms with van der Waals surface area (Å²) in [5.74, 6) is 0. The summed E-state index contributed by atoms with van der Waals surface area (Å²) in [6.07, 6.45) is 0. The molecule has 9 heteroatoms. The maximum Gasteiger partial charge on any atom is 0.289 e. The number of para-hydroxylation sites is 1. The van der Waals surface area contributed by atoms with E-state index in [9.17, 15) is 18.5 Å². The third kappa shape index (κ3) is 3.63. The van der Waals surface area contributed by atoms with Gasteiger partial charge in [0.1, 0.15) is 0 Å². The lowest BCUT2D eigenvalue weighted by Crippen LogP contribution is -2.39. The summed E-state index contributed by atoms with van der Waals surface area (Å²) in [5, 5.41) is 10.8. The number of sulfonamides is 1. The zero-order chi connectivity index (χ0) is 13.9. The first kappa shape index (κ1) is 17.8. The number of likely N-dealkylation sites (N-methyl/N-ethyl adjacent to an activating group) is 1. The molecule has 1 rings (SSSR count). The minimum atomic E-state index is -3.91. The number of halogens is 1. The number of benzene rings is 1. The molecule has 0 spiro atoms. The van der Waals surface area contributed by atoms with Crippen LogP contribution in [0.3, 0.4) is 0 Å². The van der Waals surface area contributed by atoms with E-state index >= 15 is 0 Å². The van der Waals surface area contributed by atoms with E-state index < -0.39 is 26.7 Å². The highest BCUT2D eigenvalue weighted by atomic mass is 35.5. The van der Waals surface area contributed by atoms with Crippen LogP contribution in [-0.4, -0.2) is 37.3 Å². The molecule has 0 bridgehead atoms. The van der Waals surface area contributed by atoms with Crippen LogP contribution in [0.25, 0.3) is 0 Å². The Balaban J connectivity index is 0.00000324. The van der Waals surface area contributed by atoms with Crippen molar-refractivity contribution >= 4 is 28.1 Å². The lowest BCUT2D eigenvalue weighted by atomic mass is 10.3. The summed E-state index contributed by atoms with van der Waals surface area (Å²) in [5.41, 5.74) is 4.97. The van der Waals surface area contributed by atoms with Crippen molar-refractivity contribution in [2.24, 2.45) is 5.73 Å². The van der Waals surface area contributed by atoms with Crippen molar-refractivity contribution in [1.29, 1.82) is 0 Å². The molecule has 2 N–H and O–H groups in total. The van der Waals surface area contributed by atoms with E-state index in [1.807, 2.05) is 0 Å². The van der Waals surface area contributed by atoms with Gasteiger partial charge in [0.05, 0.1) is 4.92 Å². The summed E-state index contributed by atoms with van der Waals surface area (Å²) < 4.78 is 25.5. The molecular formula is C10H16ClN3O4S. The topological polar surface area (TPSA) is 107 Å². The van der Waals surface area contributed by atoms with Gasteiger partial charge < -0.3 is 5.73 Å². The first-order valence-corrected chi connectivity index (χ1v) is 6.68. The van der Waals surface area contributed by atoms with Crippen molar-refractivity contribution < 1.29 is 13.3 Å². The Hall–Kier alpha value is -1.22. The number of hydrogen-bond acceptors (Lipinski definition) is 5. The predicted octanol–water partition coefficient (Wildman–Crippen LogP) is 0.984. The van der Waals surface area contributed by atoms with Gasteiger partial charge in [0.2, 0.25) is 10.0 Å². The van der Waals surface area contributed by atoms with Crippen LogP contribution in [0.15, 0.2) is 29.2 Å². The summed E-state index contributed by atoms with van der Waals surface area (Å²) in [6, 6.07) is 4.81. The Morgan fingerprint density at radius 1 is 1.42 bits per heavy atom. The summed E-state index contributed by atoms with van der Waals surface area (Å²) >= 11 is 0. The summed E-state index contributed by atoms with van der Waals surface area (Å²) in [6.45, 7) is 1.77. The van der Waals surface area contributed by atoms with E-state index in [1.165, 1.54) is 25.2 Å². The molecule has 0 aliphatic rings. The number of nitro groups is 1. The van der Waals surface area contributed by atoms with E-state index in [4.69, 9.17) is 5.73 Å². The molecule has 0 fully saturated rings. The molecule has 19 heavy (non-hydrogen) atoms. The van der Waals surface area contributed by atoms with Gasteiger partial charge in [0, 0.05) is 25.7 Å². The smallest absolute Gasteiger partial charge is 0.289 e. The van der Waals surface area contributed by atoms with E-state index in [0.29, 0.717) is 0 Å². The lowest BCUT2D eigenvalue weighted by Gasteiger charge is -2.22. The van der Waals surface area contributed by atoms with E-state index in [1.54, 1.807) is 6.92 Å². The average molecular weight is 310 g/mol. The fourth-order valence-corrected chi connectivity index (χ4v) is 2.89. The van der Waals surface area contributed by atoms with Crippen molar-refractivity contribution in [3.63, 3.8) is 0 Å². The van der Waals surface area contributed by atoms with Crippen LogP contribution in [0.4, 0.5) is 5.69 Å². The van der Waals surface area contributed by atoms with Crippen LogP contribution in [0.1, 0.15) is 6.92 Å². The van der Waals surface area contributed by atoms with Crippen molar-refractivity contribution in [3.05, 3.63) is 34.4 Å². The van der Waals surface area contributed by atoms with Crippen LogP contribution in [0.5, 0.6) is 0 Å². The standard InChI is InChI=1S/C10H15N3O4S.ClH/c1-8(7-11)12(2)18(16,17)10-6-4-3-5-9(10)13(14)15;/h3-6,8H,7,11H2,1-2H3;1H. The zero-order valence-electron chi connectivity index (χ0n) is 10.5. The predicted molar refractivity (Wildman–Crippen MR) is 73.8 cm³/mol. The van der Waals surface area contributed by atoms with Crippen molar-refractivity contribution in [2.45, 2.75) is 17.9 Å². The van der Waals surface area contributed by atoms with E-state index in [0.717, 1.165) is 10.4 Å². The Kier molecular flexibility index (Phi) is 6.37. The monoisotopic (exact) mass is 309 g/mol. The van der Waals surface area contributed by atoms with Crippen LogP contribution in [-0.2, 0) is 10.0 Å². The van der Waals surface area contributed by atoms with Crippen molar-refractivity contribution in [1.82, 2.24) is 4.31 Å². The van der Waals surface area contributed by atoms with Gasteiger partial charge in [0.15, 0.2) is 4.90 Å². The lowest BCUT2D eigenvalue weighted by molar-refractivity contribution is -0.387. The normalized spacial score (nSPS) is 12.8. The third-order valence-electron chi connectivity index (χ3n) is 2.68.